The molecular formula is C13H24N4O2S. The molecule has 2 rings (SSSR count). The molecule has 0 bridgehead atoms. The van der Waals surface area contributed by atoms with E-state index >= 15 is 0 Å². The summed E-state index contributed by atoms with van der Waals surface area (Å²) in [7, 11) is -1.30. The predicted octanol–water partition coefficient (Wildman–Crippen LogP) is 0.272. The summed E-state index contributed by atoms with van der Waals surface area (Å²) in [5.74, 6) is 0.781. The summed E-state index contributed by atoms with van der Waals surface area (Å²) in [6.07, 6.45) is 5.43. The first-order valence-electron chi connectivity index (χ1n) is 7.22. The van der Waals surface area contributed by atoms with Crippen LogP contribution in [0, 0.1) is 5.92 Å². The van der Waals surface area contributed by atoms with Crippen LogP contribution in [0.25, 0.3) is 0 Å². The Balaban J connectivity index is 1.67. The minimum atomic E-state index is -3.15. The molecule has 6 nitrogen and oxygen atoms in total. The highest BCUT2D eigenvalue weighted by Crippen LogP contribution is 2.16. The number of sulfonamides is 1. The average molecular weight is 300 g/mol. The van der Waals surface area contributed by atoms with Gasteiger partial charge >= 0.3 is 0 Å². The lowest BCUT2D eigenvalue weighted by atomic mass is 9.96. The van der Waals surface area contributed by atoms with Crippen LogP contribution in [0.15, 0.2) is 12.3 Å². The molecule has 2 N–H and O–H groups in total. The van der Waals surface area contributed by atoms with Crippen LogP contribution in [-0.4, -0.2) is 43.6 Å². The molecule has 0 spiro atoms. The number of aromatic nitrogens is 2. The van der Waals surface area contributed by atoms with Gasteiger partial charge in [-0.1, -0.05) is 0 Å². The molecule has 0 aliphatic carbocycles. The minimum Gasteiger partial charge on any atom is -0.317 e. The molecule has 1 aliphatic rings. The molecule has 0 radical (unpaired) electrons. The van der Waals surface area contributed by atoms with Crippen molar-refractivity contribution in [1.29, 1.82) is 0 Å². The molecule has 1 fully saturated rings. The van der Waals surface area contributed by atoms with Crippen molar-refractivity contribution >= 4 is 10.0 Å². The maximum absolute atomic E-state index is 11.9. The Bertz CT molecular complexity index is 506. The van der Waals surface area contributed by atoms with Gasteiger partial charge in [-0.15, -0.1) is 0 Å². The van der Waals surface area contributed by atoms with Gasteiger partial charge in [-0.3, -0.25) is 4.68 Å². The van der Waals surface area contributed by atoms with Crippen LogP contribution in [0.2, 0.25) is 0 Å². The number of nitrogens with zero attached hydrogens (tertiary/aromatic N) is 2. The quantitative estimate of drug-likeness (QED) is 0.758. The van der Waals surface area contributed by atoms with Crippen LogP contribution in [0.1, 0.15) is 25.0 Å². The second-order valence-corrected chi connectivity index (χ2v) is 7.35. The molecule has 1 aromatic rings. The van der Waals surface area contributed by atoms with E-state index < -0.39 is 10.0 Å². The molecule has 7 heteroatoms. The topological polar surface area (TPSA) is 76.0 Å². The lowest BCUT2D eigenvalue weighted by molar-refractivity contribution is 0.365. The van der Waals surface area contributed by atoms with Crippen molar-refractivity contribution in [3.8, 4) is 0 Å². The van der Waals surface area contributed by atoms with Crippen LogP contribution in [0.4, 0.5) is 0 Å². The van der Waals surface area contributed by atoms with E-state index in [0.29, 0.717) is 18.9 Å². The molecule has 0 aromatic carbocycles. The van der Waals surface area contributed by atoms with Gasteiger partial charge in [0.15, 0.2) is 0 Å². The smallest absolute Gasteiger partial charge is 0.211 e. The van der Waals surface area contributed by atoms with Gasteiger partial charge < -0.3 is 5.32 Å². The van der Waals surface area contributed by atoms with Crippen molar-refractivity contribution in [2.45, 2.75) is 25.7 Å². The van der Waals surface area contributed by atoms with E-state index in [4.69, 9.17) is 0 Å². The van der Waals surface area contributed by atoms with Gasteiger partial charge in [-0.2, -0.15) is 5.10 Å². The Labute approximate surface area is 121 Å². The Morgan fingerprint density at radius 2 is 2.20 bits per heavy atom. The number of hydrogen-bond donors (Lipinski definition) is 2. The highest BCUT2D eigenvalue weighted by molar-refractivity contribution is 7.89. The molecular weight excluding hydrogens is 276 g/mol. The molecule has 1 aromatic heterocycles. The first-order chi connectivity index (χ1) is 9.55. The number of piperidine rings is 1. The molecule has 2 heterocycles. The number of aryl methyl sites for hydroxylation is 1. The molecule has 114 valence electrons. The largest absolute Gasteiger partial charge is 0.317 e. The van der Waals surface area contributed by atoms with E-state index in [0.717, 1.165) is 38.0 Å². The molecule has 20 heavy (non-hydrogen) atoms. The minimum absolute atomic E-state index is 0.236. The maximum atomic E-state index is 11.9. The molecule has 1 aliphatic heterocycles. The van der Waals surface area contributed by atoms with E-state index in [9.17, 15) is 8.42 Å². The highest BCUT2D eigenvalue weighted by atomic mass is 32.2. The lowest BCUT2D eigenvalue weighted by Gasteiger charge is -2.22. The summed E-state index contributed by atoms with van der Waals surface area (Å²) in [5.41, 5.74) is 0.911. The molecule has 1 saturated heterocycles. The Morgan fingerprint density at radius 3 is 2.85 bits per heavy atom. The third-order valence-electron chi connectivity index (χ3n) is 3.73. The zero-order valence-electron chi connectivity index (χ0n) is 12.0. The number of nitrogens with one attached hydrogen (secondary N) is 2. The van der Waals surface area contributed by atoms with Crippen LogP contribution in [0.5, 0.6) is 0 Å². The standard InChI is InChI=1S/C13H24N4O2S/c1-17-10-5-13(16-17)4-9-15-20(18,19)11-6-12-2-7-14-8-3-12/h5,10,12,14-15H,2-4,6-9,11H2,1H3. The normalized spacial score (nSPS) is 17.4. The van der Waals surface area contributed by atoms with Gasteiger partial charge in [-0.05, 0) is 44.3 Å². The van der Waals surface area contributed by atoms with Crippen LogP contribution < -0.4 is 10.0 Å². The number of hydrogen-bond acceptors (Lipinski definition) is 4. The Morgan fingerprint density at radius 1 is 1.45 bits per heavy atom. The van der Waals surface area contributed by atoms with E-state index in [2.05, 4.69) is 15.1 Å². The summed E-state index contributed by atoms with van der Waals surface area (Å²) >= 11 is 0. The van der Waals surface area contributed by atoms with Gasteiger partial charge in [0.25, 0.3) is 0 Å². The summed E-state index contributed by atoms with van der Waals surface area (Å²) < 4.78 is 28.2. The third kappa shape index (κ3) is 5.22. The zero-order chi connectivity index (χ0) is 14.4. The fraction of sp³-hybridized carbons (Fsp3) is 0.769. The fourth-order valence-electron chi connectivity index (χ4n) is 2.50. The van der Waals surface area contributed by atoms with Gasteiger partial charge in [0.1, 0.15) is 0 Å². The molecule has 0 unspecified atom stereocenters. The van der Waals surface area contributed by atoms with Crippen molar-refractivity contribution in [2.24, 2.45) is 13.0 Å². The van der Waals surface area contributed by atoms with E-state index in [1.54, 1.807) is 4.68 Å². The monoisotopic (exact) mass is 300 g/mol. The van der Waals surface area contributed by atoms with Crippen molar-refractivity contribution in [3.63, 3.8) is 0 Å². The number of rotatable bonds is 7. The van der Waals surface area contributed by atoms with Crippen molar-refractivity contribution in [1.82, 2.24) is 19.8 Å². The first kappa shape index (κ1) is 15.5. The predicted molar refractivity (Wildman–Crippen MR) is 78.9 cm³/mol. The van der Waals surface area contributed by atoms with Crippen LogP contribution in [0.3, 0.4) is 0 Å². The Kier molecular flexibility index (Phi) is 5.56. The van der Waals surface area contributed by atoms with E-state index in [1.807, 2.05) is 19.3 Å². The van der Waals surface area contributed by atoms with E-state index in [1.165, 1.54) is 0 Å². The molecule has 0 atom stereocenters. The average Bonchev–Trinajstić information content (AvgIpc) is 2.83. The first-order valence-corrected chi connectivity index (χ1v) is 8.87. The second-order valence-electron chi connectivity index (χ2n) is 5.43. The van der Waals surface area contributed by atoms with Gasteiger partial charge in [0.2, 0.25) is 10.0 Å². The second kappa shape index (κ2) is 7.19. The lowest BCUT2D eigenvalue weighted by Crippen LogP contribution is -2.32. The SMILES string of the molecule is Cn1ccc(CCNS(=O)(=O)CCC2CCNCC2)n1. The van der Waals surface area contributed by atoms with Gasteiger partial charge in [0, 0.05) is 26.2 Å². The third-order valence-corrected chi connectivity index (χ3v) is 5.14. The zero-order valence-corrected chi connectivity index (χ0v) is 12.8. The fourth-order valence-corrected chi connectivity index (χ4v) is 3.70. The Hall–Kier alpha value is -0.920. The highest BCUT2D eigenvalue weighted by Gasteiger charge is 2.17. The van der Waals surface area contributed by atoms with E-state index in [-0.39, 0.29) is 5.75 Å². The summed E-state index contributed by atoms with van der Waals surface area (Å²) in [5, 5.41) is 7.52. The maximum Gasteiger partial charge on any atom is 0.211 e. The van der Waals surface area contributed by atoms with Gasteiger partial charge in [-0.25, -0.2) is 13.1 Å². The van der Waals surface area contributed by atoms with Crippen molar-refractivity contribution in [3.05, 3.63) is 18.0 Å². The van der Waals surface area contributed by atoms with Crippen LogP contribution in [-0.2, 0) is 23.5 Å². The summed E-state index contributed by atoms with van der Waals surface area (Å²) in [4.78, 5) is 0. The van der Waals surface area contributed by atoms with Crippen LogP contribution >= 0.6 is 0 Å². The summed E-state index contributed by atoms with van der Waals surface area (Å²) in [6, 6.07) is 1.91. The summed E-state index contributed by atoms with van der Waals surface area (Å²) in [6.45, 7) is 2.45. The van der Waals surface area contributed by atoms with Crippen molar-refractivity contribution in [2.75, 3.05) is 25.4 Å². The van der Waals surface area contributed by atoms with Gasteiger partial charge in [0.05, 0.1) is 11.4 Å². The van der Waals surface area contributed by atoms with Crippen molar-refractivity contribution < 1.29 is 8.42 Å². The molecule has 0 amide bonds. The molecule has 0 saturated carbocycles.